The largest absolute Gasteiger partial charge is 0.399 e. The van der Waals surface area contributed by atoms with Crippen LogP contribution in [0.15, 0.2) is 23.4 Å². The van der Waals surface area contributed by atoms with E-state index in [1.165, 1.54) is 7.11 Å². The lowest BCUT2D eigenvalue weighted by molar-refractivity contribution is -0.128. The number of halogens is 2. The molecule has 1 amide bonds. The van der Waals surface area contributed by atoms with Crippen LogP contribution in [0.25, 0.3) is 0 Å². The molecule has 6 heteroatoms. The van der Waals surface area contributed by atoms with Gasteiger partial charge in [-0.05, 0) is 12.1 Å². The van der Waals surface area contributed by atoms with Gasteiger partial charge in [-0.25, -0.2) is 0 Å². The van der Waals surface area contributed by atoms with Crippen molar-refractivity contribution in [2.45, 2.75) is 12.8 Å². The molecule has 0 aliphatic carbocycles. The second-order valence-electron chi connectivity index (χ2n) is 4.14. The van der Waals surface area contributed by atoms with Gasteiger partial charge in [0, 0.05) is 32.5 Å². The number of carbonyl (C=O) groups excluding carboxylic acids is 1. The van der Waals surface area contributed by atoms with Crippen molar-refractivity contribution in [2.24, 2.45) is 5.16 Å². The maximum absolute atomic E-state index is 11.6. The van der Waals surface area contributed by atoms with Gasteiger partial charge in [0.05, 0.1) is 15.8 Å². The van der Waals surface area contributed by atoms with Crippen molar-refractivity contribution in [1.82, 2.24) is 4.90 Å². The Labute approximate surface area is 122 Å². The Kier molecular flexibility index (Phi) is 6.12. The van der Waals surface area contributed by atoms with E-state index in [1.807, 2.05) is 0 Å². The van der Waals surface area contributed by atoms with Crippen molar-refractivity contribution in [3.05, 3.63) is 33.8 Å². The Morgan fingerprint density at radius 2 is 1.95 bits per heavy atom. The molecular formula is C13H16Cl2N2O2. The number of hydrogen-bond acceptors (Lipinski definition) is 3. The molecule has 19 heavy (non-hydrogen) atoms. The van der Waals surface area contributed by atoms with Crippen molar-refractivity contribution in [3.8, 4) is 0 Å². The van der Waals surface area contributed by atoms with Crippen LogP contribution in [-0.4, -0.2) is 37.7 Å². The summed E-state index contributed by atoms with van der Waals surface area (Å²) in [6.45, 7) is 0. The first kappa shape index (κ1) is 15.8. The summed E-state index contributed by atoms with van der Waals surface area (Å²) in [6, 6.07) is 5.20. The Bertz CT molecular complexity index is 488. The Balaban J connectivity index is 2.86. The molecule has 0 saturated heterocycles. The maximum Gasteiger partial charge on any atom is 0.222 e. The van der Waals surface area contributed by atoms with Crippen LogP contribution >= 0.6 is 23.2 Å². The number of rotatable bonds is 5. The average Bonchev–Trinajstić information content (AvgIpc) is 2.37. The van der Waals surface area contributed by atoms with Crippen LogP contribution in [0.4, 0.5) is 0 Å². The van der Waals surface area contributed by atoms with Crippen LogP contribution in [0.5, 0.6) is 0 Å². The molecule has 0 heterocycles. The lowest BCUT2D eigenvalue weighted by Crippen LogP contribution is -2.22. The number of benzene rings is 1. The van der Waals surface area contributed by atoms with E-state index >= 15 is 0 Å². The van der Waals surface area contributed by atoms with Gasteiger partial charge in [-0.2, -0.15) is 0 Å². The highest BCUT2D eigenvalue weighted by atomic mass is 35.5. The maximum atomic E-state index is 11.6. The monoisotopic (exact) mass is 302 g/mol. The minimum atomic E-state index is 0.0314. The van der Waals surface area contributed by atoms with Crippen LogP contribution in [0.3, 0.4) is 0 Å². The summed E-state index contributed by atoms with van der Waals surface area (Å²) < 4.78 is 0. The van der Waals surface area contributed by atoms with Crippen LogP contribution < -0.4 is 0 Å². The summed E-state index contributed by atoms with van der Waals surface area (Å²) in [5.74, 6) is 0.0314. The van der Waals surface area contributed by atoms with Crippen molar-refractivity contribution in [2.75, 3.05) is 21.2 Å². The zero-order chi connectivity index (χ0) is 14.4. The molecule has 0 aliphatic rings. The number of hydrogen-bond donors (Lipinski definition) is 0. The standard InChI is InChI=1S/C13H16Cl2N2O2/c1-17(2)13(18)7-6-12(16-19-3)9-4-5-10(14)11(15)8-9/h4-5,8H,6-7H2,1-3H3/b16-12+. The molecule has 0 bridgehead atoms. The van der Waals surface area contributed by atoms with Crippen LogP contribution in [0.1, 0.15) is 18.4 Å². The molecule has 0 aromatic heterocycles. The fourth-order valence-electron chi connectivity index (χ4n) is 1.48. The van der Waals surface area contributed by atoms with Gasteiger partial charge in [0.25, 0.3) is 0 Å². The summed E-state index contributed by atoms with van der Waals surface area (Å²) in [6.07, 6.45) is 0.832. The molecule has 0 fully saturated rings. The fourth-order valence-corrected chi connectivity index (χ4v) is 1.78. The second-order valence-corrected chi connectivity index (χ2v) is 4.95. The van der Waals surface area contributed by atoms with Gasteiger partial charge < -0.3 is 9.74 Å². The number of carbonyl (C=O) groups is 1. The third-order valence-corrected chi connectivity index (χ3v) is 3.27. The molecule has 1 aromatic rings. The SMILES string of the molecule is CO/N=C(\CCC(=O)N(C)C)c1ccc(Cl)c(Cl)c1. The van der Waals surface area contributed by atoms with Gasteiger partial charge in [0.2, 0.25) is 5.91 Å². The van der Waals surface area contributed by atoms with E-state index in [4.69, 9.17) is 28.0 Å². The van der Waals surface area contributed by atoms with E-state index in [-0.39, 0.29) is 5.91 Å². The summed E-state index contributed by atoms with van der Waals surface area (Å²) in [5, 5.41) is 4.87. The zero-order valence-corrected chi connectivity index (χ0v) is 12.6. The molecule has 0 N–H and O–H groups in total. The van der Waals surface area contributed by atoms with E-state index in [9.17, 15) is 4.79 Å². The summed E-state index contributed by atoms with van der Waals surface area (Å²) in [4.78, 5) is 17.9. The molecule has 0 saturated carbocycles. The van der Waals surface area contributed by atoms with Crippen molar-refractivity contribution < 1.29 is 9.63 Å². The van der Waals surface area contributed by atoms with Gasteiger partial charge in [-0.3, -0.25) is 4.79 Å². The van der Waals surface area contributed by atoms with Crippen molar-refractivity contribution in [3.63, 3.8) is 0 Å². The Hall–Kier alpha value is -1.26. The summed E-state index contributed by atoms with van der Waals surface area (Å²) in [7, 11) is 4.90. The minimum absolute atomic E-state index is 0.0314. The average molecular weight is 303 g/mol. The smallest absolute Gasteiger partial charge is 0.222 e. The van der Waals surface area contributed by atoms with E-state index in [0.29, 0.717) is 28.6 Å². The fraction of sp³-hybridized carbons (Fsp3) is 0.385. The highest BCUT2D eigenvalue weighted by Gasteiger charge is 2.11. The van der Waals surface area contributed by atoms with Gasteiger partial charge >= 0.3 is 0 Å². The quantitative estimate of drug-likeness (QED) is 0.619. The van der Waals surface area contributed by atoms with Crippen molar-refractivity contribution >= 4 is 34.8 Å². The molecule has 0 unspecified atom stereocenters. The van der Waals surface area contributed by atoms with Gasteiger partial charge in [0.15, 0.2) is 0 Å². The predicted molar refractivity (Wildman–Crippen MR) is 77.9 cm³/mol. The molecule has 0 radical (unpaired) electrons. The van der Waals surface area contributed by atoms with E-state index in [1.54, 1.807) is 37.2 Å². The Morgan fingerprint density at radius 1 is 1.26 bits per heavy atom. The van der Waals surface area contributed by atoms with Crippen LogP contribution in [0, 0.1) is 0 Å². The van der Waals surface area contributed by atoms with E-state index < -0.39 is 0 Å². The van der Waals surface area contributed by atoms with Gasteiger partial charge in [-0.1, -0.05) is 34.4 Å². The lowest BCUT2D eigenvalue weighted by Gasteiger charge is -2.11. The highest BCUT2D eigenvalue weighted by Crippen LogP contribution is 2.23. The van der Waals surface area contributed by atoms with Gasteiger partial charge in [0.1, 0.15) is 7.11 Å². The van der Waals surface area contributed by atoms with E-state index in [2.05, 4.69) is 5.16 Å². The van der Waals surface area contributed by atoms with Gasteiger partial charge in [-0.15, -0.1) is 0 Å². The number of amides is 1. The molecule has 104 valence electrons. The lowest BCUT2D eigenvalue weighted by atomic mass is 10.1. The molecule has 1 aromatic carbocycles. The van der Waals surface area contributed by atoms with E-state index in [0.717, 1.165) is 5.56 Å². The molecule has 0 atom stereocenters. The first-order chi connectivity index (χ1) is 8.95. The first-order valence-electron chi connectivity index (χ1n) is 5.71. The highest BCUT2D eigenvalue weighted by molar-refractivity contribution is 6.42. The molecule has 0 aliphatic heterocycles. The molecule has 1 rings (SSSR count). The predicted octanol–water partition coefficient (Wildman–Crippen LogP) is 3.21. The minimum Gasteiger partial charge on any atom is -0.399 e. The summed E-state index contributed by atoms with van der Waals surface area (Å²) >= 11 is 11.8. The number of oxime groups is 1. The molecule has 0 spiro atoms. The third kappa shape index (κ3) is 4.73. The summed E-state index contributed by atoms with van der Waals surface area (Å²) in [5.41, 5.74) is 1.46. The molecular weight excluding hydrogens is 287 g/mol. The van der Waals surface area contributed by atoms with Crippen LogP contribution in [-0.2, 0) is 9.63 Å². The Morgan fingerprint density at radius 3 is 2.47 bits per heavy atom. The topological polar surface area (TPSA) is 41.9 Å². The first-order valence-corrected chi connectivity index (χ1v) is 6.47. The van der Waals surface area contributed by atoms with Crippen molar-refractivity contribution in [1.29, 1.82) is 0 Å². The van der Waals surface area contributed by atoms with Crippen LogP contribution in [0.2, 0.25) is 10.0 Å². The third-order valence-electron chi connectivity index (χ3n) is 2.53. The molecule has 4 nitrogen and oxygen atoms in total. The normalized spacial score (nSPS) is 11.3. The zero-order valence-electron chi connectivity index (χ0n) is 11.1. The number of nitrogens with zero attached hydrogens (tertiary/aromatic N) is 2. The second kappa shape index (κ2) is 7.36.